The zero-order chi connectivity index (χ0) is 18.1. The number of benzene rings is 2. The van der Waals surface area contributed by atoms with Crippen molar-refractivity contribution in [3.63, 3.8) is 0 Å². The molecule has 0 saturated carbocycles. The number of hydrogen-bond acceptors (Lipinski definition) is 5. The highest BCUT2D eigenvalue weighted by molar-refractivity contribution is 6.08. The molecule has 1 atom stereocenters. The Morgan fingerprint density at radius 3 is 2.58 bits per heavy atom. The summed E-state index contributed by atoms with van der Waals surface area (Å²) < 4.78 is 11.0. The minimum Gasteiger partial charge on any atom is -0.493 e. The van der Waals surface area contributed by atoms with Gasteiger partial charge in [-0.15, -0.1) is 0 Å². The molecule has 136 valence electrons. The standard InChI is InChI=1S/C21H25N3O2/c1-24-10-6-7-14(13-24)22-21-15-8-4-5-9-17(15)23-18-12-20(26-3)19(25-2)11-16(18)21/h4-5,8-9,11-12,14H,6-7,10,13H2,1-3H3,(H,22,23)/t14-/m1/s1. The molecule has 4 rings (SSSR count). The van der Waals surface area contributed by atoms with Crippen LogP contribution in [0.4, 0.5) is 5.69 Å². The zero-order valence-electron chi connectivity index (χ0n) is 15.6. The molecule has 1 aliphatic heterocycles. The summed E-state index contributed by atoms with van der Waals surface area (Å²) in [4.78, 5) is 7.23. The number of aromatic nitrogens is 1. The van der Waals surface area contributed by atoms with Crippen LogP contribution in [0.15, 0.2) is 36.4 Å². The Morgan fingerprint density at radius 1 is 1.04 bits per heavy atom. The number of anilines is 1. The normalized spacial score (nSPS) is 18.2. The number of likely N-dealkylation sites (tertiary alicyclic amines) is 1. The van der Waals surface area contributed by atoms with Gasteiger partial charge in [0.1, 0.15) is 0 Å². The van der Waals surface area contributed by atoms with Crippen molar-refractivity contribution >= 4 is 27.5 Å². The Bertz CT molecular complexity index is 941. The van der Waals surface area contributed by atoms with Crippen LogP contribution in [0.2, 0.25) is 0 Å². The smallest absolute Gasteiger partial charge is 0.162 e. The van der Waals surface area contributed by atoms with Gasteiger partial charge in [-0.05, 0) is 38.6 Å². The quantitative estimate of drug-likeness (QED) is 0.722. The van der Waals surface area contributed by atoms with Gasteiger partial charge in [0.25, 0.3) is 0 Å². The Labute approximate surface area is 153 Å². The molecule has 3 aromatic rings. The molecular formula is C21H25N3O2. The lowest BCUT2D eigenvalue weighted by Crippen LogP contribution is -2.39. The molecule has 0 bridgehead atoms. The fourth-order valence-electron chi connectivity index (χ4n) is 3.86. The highest BCUT2D eigenvalue weighted by Crippen LogP contribution is 2.38. The average molecular weight is 351 g/mol. The molecule has 2 heterocycles. The van der Waals surface area contributed by atoms with Crippen LogP contribution >= 0.6 is 0 Å². The first-order valence-electron chi connectivity index (χ1n) is 9.09. The van der Waals surface area contributed by atoms with Crippen molar-refractivity contribution in [1.29, 1.82) is 0 Å². The molecule has 1 aromatic heterocycles. The van der Waals surface area contributed by atoms with Crippen molar-refractivity contribution in [2.75, 3.05) is 39.7 Å². The number of piperidine rings is 1. The molecule has 0 unspecified atom stereocenters. The number of ether oxygens (including phenoxy) is 2. The van der Waals surface area contributed by atoms with Crippen LogP contribution in [-0.4, -0.2) is 50.3 Å². The van der Waals surface area contributed by atoms with Gasteiger partial charge in [-0.2, -0.15) is 0 Å². The van der Waals surface area contributed by atoms with Gasteiger partial charge >= 0.3 is 0 Å². The van der Waals surface area contributed by atoms with E-state index in [1.807, 2.05) is 18.2 Å². The van der Waals surface area contributed by atoms with E-state index >= 15 is 0 Å². The SMILES string of the molecule is COc1cc2nc3ccccc3c(N[C@@H]3CCCN(C)C3)c2cc1OC. The number of fused-ring (bicyclic) bond motifs is 2. The second kappa shape index (κ2) is 7.00. The molecule has 1 aliphatic rings. The average Bonchev–Trinajstić information content (AvgIpc) is 2.67. The molecule has 0 amide bonds. The molecule has 5 heteroatoms. The second-order valence-corrected chi connectivity index (χ2v) is 6.97. The highest BCUT2D eigenvalue weighted by Gasteiger charge is 2.20. The van der Waals surface area contributed by atoms with E-state index in [1.54, 1.807) is 14.2 Å². The van der Waals surface area contributed by atoms with Crippen LogP contribution in [0.5, 0.6) is 11.5 Å². The van der Waals surface area contributed by atoms with E-state index in [-0.39, 0.29) is 0 Å². The molecule has 1 fully saturated rings. The van der Waals surface area contributed by atoms with Crippen LogP contribution in [0.1, 0.15) is 12.8 Å². The molecular weight excluding hydrogens is 326 g/mol. The van der Waals surface area contributed by atoms with Gasteiger partial charge in [0, 0.05) is 29.4 Å². The van der Waals surface area contributed by atoms with Gasteiger partial charge < -0.3 is 19.7 Å². The van der Waals surface area contributed by atoms with Crippen LogP contribution < -0.4 is 14.8 Å². The maximum absolute atomic E-state index is 5.53. The summed E-state index contributed by atoms with van der Waals surface area (Å²) in [5, 5.41) is 6.01. The van der Waals surface area contributed by atoms with Gasteiger partial charge in [-0.1, -0.05) is 18.2 Å². The van der Waals surface area contributed by atoms with Crippen molar-refractivity contribution in [3.8, 4) is 11.5 Å². The molecule has 5 nitrogen and oxygen atoms in total. The van der Waals surface area contributed by atoms with E-state index in [4.69, 9.17) is 14.5 Å². The maximum Gasteiger partial charge on any atom is 0.162 e. The molecule has 1 N–H and O–H groups in total. The molecule has 0 aliphatic carbocycles. The Balaban J connectivity index is 1.90. The van der Waals surface area contributed by atoms with E-state index < -0.39 is 0 Å². The van der Waals surface area contributed by atoms with Gasteiger partial charge in [-0.3, -0.25) is 0 Å². The molecule has 26 heavy (non-hydrogen) atoms. The largest absolute Gasteiger partial charge is 0.493 e. The maximum atomic E-state index is 5.53. The Kier molecular flexibility index (Phi) is 4.55. The summed E-state index contributed by atoms with van der Waals surface area (Å²) in [5.74, 6) is 1.42. The first-order chi connectivity index (χ1) is 12.7. The number of para-hydroxylation sites is 1. The summed E-state index contributed by atoms with van der Waals surface area (Å²) in [6.07, 6.45) is 2.39. The van der Waals surface area contributed by atoms with Crippen molar-refractivity contribution in [2.45, 2.75) is 18.9 Å². The summed E-state index contributed by atoms with van der Waals surface area (Å²) in [7, 11) is 5.51. The first-order valence-corrected chi connectivity index (χ1v) is 9.09. The van der Waals surface area contributed by atoms with E-state index in [2.05, 4.69) is 35.5 Å². The fourth-order valence-corrected chi connectivity index (χ4v) is 3.86. The minimum atomic E-state index is 0.427. The number of pyridine rings is 1. The van der Waals surface area contributed by atoms with Crippen LogP contribution in [0.25, 0.3) is 21.8 Å². The lowest BCUT2D eigenvalue weighted by atomic mass is 10.0. The zero-order valence-corrected chi connectivity index (χ0v) is 15.6. The molecule has 0 spiro atoms. The van der Waals surface area contributed by atoms with E-state index in [0.717, 1.165) is 39.8 Å². The number of hydrogen-bond donors (Lipinski definition) is 1. The summed E-state index contributed by atoms with van der Waals surface area (Å²) in [5.41, 5.74) is 3.03. The van der Waals surface area contributed by atoms with Gasteiger partial charge in [0.2, 0.25) is 0 Å². The van der Waals surface area contributed by atoms with Crippen LogP contribution in [0.3, 0.4) is 0 Å². The van der Waals surface area contributed by atoms with Gasteiger partial charge in [-0.25, -0.2) is 4.98 Å². The molecule has 2 aromatic carbocycles. The lowest BCUT2D eigenvalue weighted by Gasteiger charge is -2.31. The molecule has 1 saturated heterocycles. The Hall–Kier alpha value is -2.53. The third-order valence-electron chi connectivity index (χ3n) is 5.16. The third kappa shape index (κ3) is 3.03. The predicted molar refractivity (Wildman–Crippen MR) is 106 cm³/mol. The van der Waals surface area contributed by atoms with Crippen molar-refractivity contribution in [2.24, 2.45) is 0 Å². The number of nitrogens with zero attached hydrogens (tertiary/aromatic N) is 2. The number of nitrogens with one attached hydrogen (secondary N) is 1. The summed E-state index contributed by atoms with van der Waals surface area (Å²) >= 11 is 0. The summed E-state index contributed by atoms with van der Waals surface area (Å²) in [6.45, 7) is 2.21. The number of likely N-dealkylation sites (N-methyl/N-ethyl adjacent to an activating group) is 1. The predicted octanol–water partition coefficient (Wildman–Crippen LogP) is 3.91. The van der Waals surface area contributed by atoms with Crippen molar-refractivity contribution in [1.82, 2.24) is 9.88 Å². The van der Waals surface area contributed by atoms with Gasteiger partial charge in [0.05, 0.1) is 30.9 Å². The van der Waals surface area contributed by atoms with Crippen molar-refractivity contribution in [3.05, 3.63) is 36.4 Å². The third-order valence-corrected chi connectivity index (χ3v) is 5.16. The van der Waals surface area contributed by atoms with E-state index in [9.17, 15) is 0 Å². The van der Waals surface area contributed by atoms with E-state index in [0.29, 0.717) is 11.8 Å². The number of rotatable bonds is 4. The molecule has 0 radical (unpaired) electrons. The van der Waals surface area contributed by atoms with E-state index in [1.165, 1.54) is 19.4 Å². The monoisotopic (exact) mass is 351 g/mol. The van der Waals surface area contributed by atoms with Crippen LogP contribution in [0, 0.1) is 0 Å². The lowest BCUT2D eigenvalue weighted by molar-refractivity contribution is 0.261. The topological polar surface area (TPSA) is 46.6 Å². The fraction of sp³-hybridized carbons (Fsp3) is 0.381. The minimum absolute atomic E-state index is 0.427. The second-order valence-electron chi connectivity index (χ2n) is 6.97. The summed E-state index contributed by atoms with van der Waals surface area (Å²) in [6, 6.07) is 12.7. The highest BCUT2D eigenvalue weighted by atomic mass is 16.5. The number of methoxy groups -OCH3 is 2. The Morgan fingerprint density at radius 2 is 1.81 bits per heavy atom. The first kappa shape index (κ1) is 16.9. The van der Waals surface area contributed by atoms with Crippen molar-refractivity contribution < 1.29 is 9.47 Å². The van der Waals surface area contributed by atoms with Gasteiger partial charge in [0.15, 0.2) is 11.5 Å². The van der Waals surface area contributed by atoms with Crippen LogP contribution in [-0.2, 0) is 0 Å².